The molecule has 3 rings (SSSR count). The van der Waals surface area contributed by atoms with Crippen LogP contribution in [0.25, 0.3) is 0 Å². The molecular weight excluding hydrogens is 340 g/mol. The van der Waals surface area contributed by atoms with Gasteiger partial charge >= 0.3 is 5.97 Å². The molecule has 27 heavy (non-hydrogen) atoms. The molecule has 1 aliphatic heterocycles. The van der Waals surface area contributed by atoms with E-state index in [9.17, 15) is 9.90 Å². The van der Waals surface area contributed by atoms with Crippen molar-refractivity contribution in [3.8, 4) is 0 Å². The number of fused-ring (bicyclic) bond motifs is 1. The van der Waals surface area contributed by atoms with Crippen molar-refractivity contribution in [3.63, 3.8) is 0 Å². The van der Waals surface area contributed by atoms with Crippen molar-refractivity contribution in [1.82, 2.24) is 10.2 Å². The van der Waals surface area contributed by atoms with Gasteiger partial charge in [-0.15, -0.1) is 0 Å². The molecule has 0 saturated carbocycles. The maximum atomic E-state index is 11.4. The number of hydrogen-bond acceptors (Lipinski definition) is 3. The van der Waals surface area contributed by atoms with E-state index >= 15 is 0 Å². The largest absolute Gasteiger partial charge is 0.481 e. The lowest BCUT2D eigenvalue weighted by Crippen LogP contribution is -2.38. The van der Waals surface area contributed by atoms with Crippen molar-refractivity contribution in [1.29, 1.82) is 5.41 Å². The summed E-state index contributed by atoms with van der Waals surface area (Å²) < 4.78 is 0. The summed E-state index contributed by atoms with van der Waals surface area (Å²) in [6, 6.07) is 16.5. The first kappa shape index (κ1) is 18.9. The molecule has 0 fully saturated rings. The Morgan fingerprint density at radius 3 is 2.48 bits per heavy atom. The fraction of sp³-hybridized carbons (Fsp3) is 0.333. The second-order valence-electron chi connectivity index (χ2n) is 7.03. The van der Waals surface area contributed by atoms with E-state index in [0.29, 0.717) is 6.54 Å². The van der Waals surface area contributed by atoms with Crippen LogP contribution in [0.1, 0.15) is 28.7 Å². The van der Waals surface area contributed by atoms with Crippen LogP contribution in [0.15, 0.2) is 48.5 Å². The van der Waals surface area contributed by atoms with Crippen molar-refractivity contribution >= 4 is 11.9 Å². The number of guanidine groups is 1. The molecule has 2 aromatic carbocycles. The van der Waals surface area contributed by atoms with E-state index in [1.54, 1.807) is 0 Å². The van der Waals surface area contributed by atoms with Gasteiger partial charge in [-0.05, 0) is 35.1 Å². The molecular formula is C21H26N4O2. The quantitative estimate of drug-likeness (QED) is 0.463. The minimum absolute atomic E-state index is 0.00907. The number of nitrogens with one attached hydrogen (secondary N) is 2. The molecule has 6 heteroatoms. The summed E-state index contributed by atoms with van der Waals surface area (Å²) in [7, 11) is 0. The highest BCUT2D eigenvalue weighted by Gasteiger charge is 2.25. The van der Waals surface area contributed by atoms with E-state index in [1.807, 2.05) is 18.2 Å². The summed E-state index contributed by atoms with van der Waals surface area (Å²) in [5.41, 5.74) is 10.1. The van der Waals surface area contributed by atoms with Gasteiger partial charge in [0.25, 0.3) is 0 Å². The molecule has 0 spiro atoms. The van der Waals surface area contributed by atoms with Crippen molar-refractivity contribution < 1.29 is 9.90 Å². The zero-order valence-corrected chi connectivity index (χ0v) is 15.3. The molecule has 2 aromatic rings. The predicted molar refractivity (Wildman–Crippen MR) is 105 cm³/mol. The van der Waals surface area contributed by atoms with Crippen molar-refractivity contribution in [2.24, 2.45) is 5.73 Å². The highest BCUT2D eigenvalue weighted by Crippen LogP contribution is 2.23. The number of carboxylic acid groups (broad SMARTS) is 1. The molecule has 0 bridgehead atoms. The Morgan fingerprint density at radius 1 is 1.15 bits per heavy atom. The van der Waals surface area contributed by atoms with Crippen molar-refractivity contribution in [2.75, 3.05) is 6.54 Å². The average Bonchev–Trinajstić information content (AvgIpc) is 2.80. The summed E-state index contributed by atoms with van der Waals surface area (Å²) in [6.45, 7) is 2.10. The maximum absolute atomic E-state index is 11.4. The monoisotopic (exact) mass is 366 g/mol. The van der Waals surface area contributed by atoms with Crippen LogP contribution in [0.5, 0.6) is 0 Å². The number of carboxylic acids is 1. The van der Waals surface area contributed by atoms with Gasteiger partial charge in [0.05, 0.1) is 6.42 Å². The van der Waals surface area contributed by atoms with Crippen LogP contribution in [0.3, 0.4) is 0 Å². The first-order valence-electron chi connectivity index (χ1n) is 9.19. The molecule has 6 nitrogen and oxygen atoms in total. The van der Waals surface area contributed by atoms with Crippen molar-refractivity contribution in [3.05, 3.63) is 70.8 Å². The lowest BCUT2D eigenvalue weighted by molar-refractivity contribution is -0.138. The third kappa shape index (κ3) is 5.31. The zero-order chi connectivity index (χ0) is 19.2. The van der Waals surface area contributed by atoms with Crippen molar-refractivity contribution in [2.45, 2.75) is 38.4 Å². The predicted octanol–water partition coefficient (Wildman–Crippen LogP) is 2.11. The molecule has 5 N–H and O–H groups in total. The highest BCUT2D eigenvalue weighted by atomic mass is 16.4. The molecule has 0 amide bonds. The van der Waals surface area contributed by atoms with Gasteiger partial charge in [-0.1, -0.05) is 48.5 Å². The van der Waals surface area contributed by atoms with E-state index in [4.69, 9.17) is 11.1 Å². The van der Waals surface area contributed by atoms with E-state index in [0.717, 1.165) is 37.1 Å². The molecule has 1 atom stereocenters. The number of benzene rings is 2. The Morgan fingerprint density at radius 2 is 1.81 bits per heavy atom. The normalized spacial score (nSPS) is 17.0. The SMILES string of the molecule is N=C(N)NCc1ccc(CN2CCc3ccccc3CC2CC(=O)O)cc1. The third-order valence-corrected chi connectivity index (χ3v) is 5.06. The maximum Gasteiger partial charge on any atom is 0.304 e. The van der Waals surface area contributed by atoms with E-state index in [1.165, 1.54) is 11.1 Å². The van der Waals surface area contributed by atoms with E-state index < -0.39 is 5.97 Å². The third-order valence-electron chi connectivity index (χ3n) is 5.06. The summed E-state index contributed by atoms with van der Waals surface area (Å²) in [4.78, 5) is 13.7. The van der Waals surface area contributed by atoms with Gasteiger partial charge < -0.3 is 16.2 Å². The Bertz CT molecular complexity index is 804. The Hall–Kier alpha value is -2.86. The fourth-order valence-corrected chi connectivity index (χ4v) is 3.64. The van der Waals surface area contributed by atoms with Gasteiger partial charge in [-0.25, -0.2) is 0 Å². The number of carbonyl (C=O) groups is 1. The Balaban J connectivity index is 1.71. The zero-order valence-electron chi connectivity index (χ0n) is 15.3. The minimum Gasteiger partial charge on any atom is -0.481 e. The topological polar surface area (TPSA) is 102 Å². The highest BCUT2D eigenvalue weighted by molar-refractivity contribution is 5.74. The average molecular weight is 366 g/mol. The number of nitrogens with zero attached hydrogens (tertiary/aromatic N) is 1. The van der Waals surface area contributed by atoms with Crippen LogP contribution < -0.4 is 11.1 Å². The fourth-order valence-electron chi connectivity index (χ4n) is 3.64. The molecule has 0 saturated heterocycles. The van der Waals surface area contributed by atoms with E-state index in [2.05, 4.69) is 40.5 Å². The number of aliphatic carboxylic acids is 1. The summed E-state index contributed by atoms with van der Waals surface area (Å²) >= 11 is 0. The molecule has 0 radical (unpaired) electrons. The van der Waals surface area contributed by atoms with Crippen LogP contribution in [0, 0.1) is 5.41 Å². The molecule has 1 heterocycles. The number of nitrogens with two attached hydrogens (primary N) is 1. The summed E-state index contributed by atoms with van der Waals surface area (Å²) in [5, 5.41) is 19.4. The second kappa shape index (κ2) is 8.68. The van der Waals surface area contributed by atoms with Gasteiger partial charge in [0.2, 0.25) is 0 Å². The first-order valence-corrected chi connectivity index (χ1v) is 9.19. The minimum atomic E-state index is -0.755. The molecule has 1 unspecified atom stereocenters. The summed E-state index contributed by atoms with van der Waals surface area (Å²) in [5.74, 6) is -0.797. The van der Waals surface area contributed by atoms with Gasteiger partial charge in [0.1, 0.15) is 0 Å². The number of hydrogen-bond donors (Lipinski definition) is 4. The second-order valence-corrected chi connectivity index (χ2v) is 7.03. The first-order chi connectivity index (χ1) is 13.0. The van der Waals surface area contributed by atoms with Crippen LogP contribution in [-0.2, 0) is 30.7 Å². The Kier molecular flexibility index (Phi) is 6.08. The van der Waals surface area contributed by atoms with Crippen LogP contribution >= 0.6 is 0 Å². The van der Waals surface area contributed by atoms with Crippen LogP contribution in [0.4, 0.5) is 0 Å². The van der Waals surface area contributed by atoms with Gasteiger partial charge in [0, 0.05) is 25.7 Å². The smallest absolute Gasteiger partial charge is 0.304 e. The lowest BCUT2D eigenvalue weighted by atomic mass is 9.99. The van der Waals surface area contributed by atoms with Crippen LogP contribution in [0.2, 0.25) is 0 Å². The Labute approximate surface area is 159 Å². The van der Waals surface area contributed by atoms with Gasteiger partial charge in [0.15, 0.2) is 5.96 Å². The molecule has 142 valence electrons. The molecule has 0 aliphatic carbocycles. The summed E-state index contributed by atoms with van der Waals surface area (Å²) in [6.07, 6.45) is 1.85. The van der Waals surface area contributed by atoms with Crippen LogP contribution in [-0.4, -0.2) is 34.5 Å². The lowest BCUT2D eigenvalue weighted by Gasteiger charge is -2.29. The van der Waals surface area contributed by atoms with Gasteiger partial charge in [-0.3, -0.25) is 15.1 Å². The van der Waals surface area contributed by atoms with E-state index in [-0.39, 0.29) is 18.4 Å². The molecule has 0 aromatic heterocycles. The standard InChI is InChI=1S/C21H26N4O2/c22-21(23)24-13-15-5-7-16(8-6-15)14-25-10-9-17-3-1-2-4-18(17)11-19(25)12-20(26)27/h1-8,19H,9-14H2,(H,26,27)(H4,22,23,24). The van der Waals surface area contributed by atoms with Gasteiger partial charge in [-0.2, -0.15) is 0 Å². The molecule has 1 aliphatic rings. The number of rotatable bonds is 6.